The van der Waals surface area contributed by atoms with Crippen molar-refractivity contribution in [3.8, 4) is 0 Å². The first-order valence-corrected chi connectivity index (χ1v) is 13.7. The summed E-state index contributed by atoms with van der Waals surface area (Å²) in [5.41, 5.74) is -1.52. The smallest absolute Gasteiger partial charge is 0.414 e. The van der Waals surface area contributed by atoms with Crippen LogP contribution in [-0.4, -0.2) is 81.9 Å². The van der Waals surface area contributed by atoms with Crippen LogP contribution in [0.1, 0.15) is 61.3 Å². The van der Waals surface area contributed by atoms with Crippen molar-refractivity contribution in [1.29, 1.82) is 0 Å². The maximum atomic E-state index is 12.5. The number of guanidine groups is 1. The lowest BCUT2D eigenvalue weighted by Gasteiger charge is -2.35. The molecule has 3 atom stereocenters. The van der Waals surface area contributed by atoms with Gasteiger partial charge in [-0.3, -0.25) is 10.6 Å². The van der Waals surface area contributed by atoms with E-state index in [0.29, 0.717) is 6.42 Å². The van der Waals surface area contributed by atoms with Gasteiger partial charge >= 0.3 is 18.2 Å². The summed E-state index contributed by atoms with van der Waals surface area (Å²) in [6.45, 7) is 12.1. The number of nitrogens with zero attached hydrogens (tertiary/aromatic N) is 1. The van der Waals surface area contributed by atoms with Crippen molar-refractivity contribution in [2.45, 2.75) is 90.7 Å². The molecular weight excluding hydrogens is 508 g/mol. The predicted octanol–water partition coefficient (Wildman–Crippen LogP) is 1.98. The van der Waals surface area contributed by atoms with Gasteiger partial charge in [-0.15, -0.1) is 0 Å². The van der Waals surface area contributed by atoms with Crippen LogP contribution in [0.25, 0.3) is 0 Å². The lowest BCUT2D eigenvalue weighted by molar-refractivity contribution is -0.136. The Labute approximate surface area is 218 Å². The molecule has 0 saturated heterocycles. The standard InChI is InChI=1S/C23H40N4O9S/c1-10-11-34-16-13-14(18(28)33-8)12-15(17(16)27-37(9,31)32)24-19(25-20(29)35-22(2,3)4)26-21(30)36-23(5,6)7/h13,15-17,27H,10-12H2,1-9H3,(H2,24,25,26,29,30). The predicted molar refractivity (Wildman–Crippen MR) is 136 cm³/mol. The minimum Gasteiger partial charge on any atom is -0.466 e. The van der Waals surface area contributed by atoms with E-state index in [9.17, 15) is 22.8 Å². The summed E-state index contributed by atoms with van der Waals surface area (Å²) in [7, 11) is -2.54. The Balaban J connectivity index is 3.53. The summed E-state index contributed by atoms with van der Waals surface area (Å²) in [4.78, 5) is 41.7. The zero-order valence-electron chi connectivity index (χ0n) is 23.0. The zero-order valence-corrected chi connectivity index (χ0v) is 23.8. The Hall–Kier alpha value is -2.71. The van der Waals surface area contributed by atoms with Crippen molar-refractivity contribution >= 4 is 34.1 Å². The molecular formula is C23H40N4O9S. The largest absolute Gasteiger partial charge is 0.466 e. The molecule has 37 heavy (non-hydrogen) atoms. The number of ether oxygens (including phenoxy) is 4. The molecule has 0 aromatic rings. The quantitative estimate of drug-likeness (QED) is 0.186. The monoisotopic (exact) mass is 548 g/mol. The molecule has 0 aromatic carbocycles. The third kappa shape index (κ3) is 12.9. The van der Waals surface area contributed by atoms with E-state index in [1.165, 1.54) is 13.2 Å². The second kappa shape index (κ2) is 13.2. The molecule has 3 N–H and O–H groups in total. The van der Waals surface area contributed by atoms with Crippen molar-refractivity contribution in [2.75, 3.05) is 20.0 Å². The highest BCUT2D eigenvalue weighted by atomic mass is 32.2. The van der Waals surface area contributed by atoms with Crippen LogP contribution in [0, 0.1) is 0 Å². The third-order valence-electron chi connectivity index (χ3n) is 4.41. The Morgan fingerprint density at radius 1 is 1.03 bits per heavy atom. The number of amides is 2. The number of hydrogen-bond donors (Lipinski definition) is 3. The van der Waals surface area contributed by atoms with Gasteiger partial charge in [-0.1, -0.05) is 6.92 Å². The highest BCUT2D eigenvalue weighted by Crippen LogP contribution is 2.26. The normalized spacial score (nSPS) is 20.2. The van der Waals surface area contributed by atoms with Gasteiger partial charge in [0, 0.05) is 18.6 Å². The van der Waals surface area contributed by atoms with Crippen LogP contribution in [0.5, 0.6) is 0 Å². The number of alkyl carbamates (subject to hydrolysis) is 2. The number of nitrogens with one attached hydrogen (secondary N) is 3. The summed E-state index contributed by atoms with van der Waals surface area (Å²) in [5.74, 6) is -1.01. The number of rotatable bonds is 7. The van der Waals surface area contributed by atoms with Crippen LogP contribution in [0.15, 0.2) is 16.6 Å². The molecule has 13 nitrogen and oxygen atoms in total. The Kier molecular flexibility index (Phi) is 11.5. The molecule has 1 aliphatic rings. The van der Waals surface area contributed by atoms with Crippen LogP contribution in [0.2, 0.25) is 0 Å². The lowest BCUT2D eigenvalue weighted by Crippen LogP contribution is -2.54. The first kappa shape index (κ1) is 32.3. The van der Waals surface area contributed by atoms with Gasteiger partial charge < -0.3 is 18.9 Å². The van der Waals surface area contributed by atoms with E-state index in [1.807, 2.05) is 6.92 Å². The van der Waals surface area contributed by atoms with E-state index in [1.54, 1.807) is 41.5 Å². The molecule has 0 aromatic heterocycles. The molecule has 0 heterocycles. The van der Waals surface area contributed by atoms with E-state index >= 15 is 0 Å². The second-order valence-corrected chi connectivity index (χ2v) is 12.2. The number of hydrogen-bond acceptors (Lipinski definition) is 10. The fraction of sp³-hybridized carbons (Fsp3) is 0.739. The molecule has 1 aliphatic carbocycles. The van der Waals surface area contributed by atoms with Crippen LogP contribution in [0.3, 0.4) is 0 Å². The van der Waals surface area contributed by atoms with Crippen molar-refractivity contribution in [3.63, 3.8) is 0 Å². The Bertz CT molecular complexity index is 963. The molecule has 0 bridgehead atoms. The molecule has 1 rings (SSSR count). The number of methoxy groups -OCH3 is 1. The van der Waals surface area contributed by atoms with Crippen LogP contribution >= 0.6 is 0 Å². The van der Waals surface area contributed by atoms with Gasteiger partial charge in [0.1, 0.15) is 11.2 Å². The van der Waals surface area contributed by atoms with Crippen molar-refractivity contribution in [1.82, 2.24) is 15.4 Å². The van der Waals surface area contributed by atoms with Crippen molar-refractivity contribution < 1.29 is 41.7 Å². The SMILES string of the molecule is CCCOC1C=C(C(=O)OC)CC(N=C(NC(=O)OC(C)(C)C)NC(=O)OC(C)(C)C)C1NS(C)(=O)=O. The van der Waals surface area contributed by atoms with Gasteiger partial charge in [0.05, 0.1) is 31.6 Å². The third-order valence-corrected chi connectivity index (χ3v) is 5.11. The Morgan fingerprint density at radius 2 is 1.54 bits per heavy atom. The first-order chi connectivity index (χ1) is 16.8. The van der Waals surface area contributed by atoms with E-state index in [-0.39, 0.29) is 24.6 Å². The van der Waals surface area contributed by atoms with Gasteiger partial charge in [0.2, 0.25) is 16.0 Å². The van der Waals surface area contributed by atoms with Gasteiger partial charge in [0.15, 0.2) is 0 Å². The van der Waals surface area contributed by atoms with Gasteiger partial charge in [-0.05, 0) is 54.0 Å². The minimum absolute atomic E-state index is 0.0820. The summed E-state index contributed by atoms with van der Waals surface area (Å²) in [6, 6.07) is -1.98. The van der Waals surface area contributed by atoms with Gasteiger partial charge in [0.25, 0.3) is 0 Å². The van der Waals surface area contributed by atoms with Crippen LogP contribution < -0.4 is 15.4 Å². The molecule has 0 fully saturated rings. The summed E-state index contributed by atoms with van der Waals surface area (Å²) < 4.78 is 48.0. The zero-order chi connectivity index (χ0) is 28.6. The topological polar surface area (TPSA) is 171 Å². The van der Waals surface area contributed by atoms with Crippen LogP contribution in [0.4, 0.5) is 9.59 Å². The number of carbonyl (C=O) groups excluding carboxylic acids is 3. The first-order valence-electron chi connectivity index (χ1n) is 11.8. The minimum atomic E-state index is -3.76. The van der Waals surface area contributed by atoms with E-state index in [0.717, 1.165) is 6.26 Å². The molecule has 14 heteroatoms. The second-order valence-electron chi connectivity index (χ2n) is 10.4. The molecule has 0 aliphatic heterocycles. The van der Waals surface area contributed by atoms with Crippen molar-refractivity contribution in [2.24, 2.45) is 4.99 Å². The van der Waals surface area contributed by atoms with E-state index < -0.39 is 57.6 Å². The number of sulfonamides is 1. The fourth-order valence-corrected chi connectivity index (χ4v) is 4.00. The molecule has 0 saturated carbocycles. The maximum absolute atomic E-state index is 12.5. The summed E-state index contributed by atoms with van der Waals surface area (Å²) in [5, 5.41) is 4.72. The average molecular weight is 549 g/mol. The van der Waals surface area contributed by atoms with Gasteiger partial charge in [-0.2, -0.15) is 0 Å². The fourth-order valence-electron chi connectivity index (χ4n) is 3.21. The molecule has 0 spiro atoms. The van der Waals surface area contributed by atoms with E-state index in [2.05, 4.69) is 20.3 Å². The highest BCUT2D eigenvalue weighted by molar-refractivity contribution is 7.88. The summed E-state index contributed by atoms with van der Waals surface area (Å²) in [6.07, 6.45) is 0.267. The van der Waals surface area contributed by atoms with Gasteiger partial charge in [-0.25, -0.2) is 32.5 Å². The lowest BCUT2D eigenvalue weighted by atomic mass is 9.89. The van der Waals surface area contributed by atoms with Crippen molar-refractivity contribution in [3.05, 3.63) is 11.6 Å². The van der Waals surface area contributed by atoms with Crippen LogP contribution in [-0.2, 0) is 33.8 Å². The molecule has 3 unspecified atom stereocenters. The highest BCUT2D eigenvalue weighted by Gasteiger charge is 2.38. The maximum Gasteiger partial charge on any atom is 0.414 e. The molecule has 0 radical (unpaired) electrons. The number of carbonyl (C=O) groups is 3. The molecule has 2 amide bonds. The Morgan fingerprint density at radius 3 is 1.95 bits per heavy atom. The van der Waals surface area contributed by atoms with E-state index in [4.69, 9.17) is 18.9 Å². The average Bonchev–Trinajstić information content (AvgIpc) is 2.69. The number of esters is 1. The summed E-state index contributed by atoms with van der Waals surface area (Å²) >= 11 is 0. The number of aliphatic imine (C=N–C) groups is 1. The molecule has 212 valence electrons.